The molecule has 0 radical (unpaired) electrons. The smallest absolute Gasteiger partial charge is 0.0925 e. The molecule has 0 saturated heterocycles. The maximum absolute atomic E-state index is 5.27. The Morgan fingerprint density at radius 1 is 1.53 bits per heavy atom. The maximum Gasteiger partial charge on any atom is 0.0925 e. The molecule has 1 aliphatic carbocycles. The number of methoxy groups -OCH3 is 1. The first-order valence-electron chi connectivity index (χ1n) is 6.36. The van der Waals surface area contributed by atoms with Crippen LogP contribution < -0.4 is 10.6 Å². The molecule has 1 aliphatic heterocycles. The van der Waals surface area contributed by atoms with Gasteiger partial charge < -0.3 is 20.4 Å². The molecule has 17 heavy (non-hydrogen) atoms. The molecule has 1 aromatic heterocycles. The van der Waals surface area contributed by atoms with Gasteiger partial charge in [-0.15, -0.1) is 0 Å². The lowest BCUT2D eigenvalue weighted by atomic mass is 9.89. The number of rotatable bonds is 4. The quantitative estimate of drug-likeness (QED) is 0.698. The van der Waals surface area contributed by atoms with Crippen molar-refractivity contribution in [2.24, 2.45) is 0 Å². The van der Waals surface area contributed by atoms with Crippen LogP contribution in [0.25, 0.3) is 0 Å². The van der Waals surface area contributed by atoms with Gasteiger partial charge in [0.15, 0.2) is 0 Å². The number of fused-ring (bicyclic) bond motifs is 1. The average molecular weight is 236 g/mol. The Kier molecular flexibility index (Phi) is 3.13. The number of nitrogens with one attached hydrogen (secondary N) is 3. The number of imidazole rings is 1. The van der Waals surface area contributed by atoms with Crippen LogP contribution in [-0.2, 0) is 17.7 Å². The van der Waals surface area contributed by atoms with E-state index in [0.717, 1.165) is 32.4 Å². The van der Waals surface area contributed by atoms with E-state index >= 15 is 0 Å². The number of hydrogen-bond acceptors (Lipinski definition) is 4. The Bertz CT molecular complexity index is 372. The molecule has 0 spiro atoms. The molecule has 1 saturated carbocycles. The van der Waals surface area contributed by atoms with Crippen LogP contribution in [0.5, 0.6) is 0 Å². The molecule has 94 valence electrons. The Balaban J connectivity index is 1.42. The van der Waals surface area contributed by atoms with Gasteiger partial charge in [-0.05, 0) is 12.8 Å². The number of H-pyrrole nitrogens is 1. The molecule has 0 amide bonds. The molecule has 1 aromatic rings. The lowest BCUT2D eigenvalue weighted by Crippen LogP contribution is -2.51. The van der Waals surface area contributed by atoms with Crippen molar-refractivity contribution in [2.75, 3.05) is 13.7 Å². The summed E-state index contributed by atoms with van der Waals surface area (Å²) < 4.78 is 5.27. The predicted molar refractivity (Wildman–Crippen MR) is 64.7 cm³/mol. The topological polar surface area (TPSA) is 62.0 Å². The summed E-state index contributed by atoms with van der Waals surface area (Å²) in [5.74, 6) is 0. The second-order valence-corrected chi connectivity index (χ2v) is 5.04. The summed E-state index contributed by atoms with van der Waals surface area (Å²) >= 11 is 0. The normalized spacial score (nSPS) is 31.9. The van der Waals surface area contributed by atoms with Crippen molar-refractivity contribution in [2.45, 2.75) is 44.0 Å². The zero-order valence-electron chi connectivity index (χ0n) is 10.2. The summed E-state index contributed by atoms with van der Waals surface area (Å²) in [6.07, 6.45) is 5.59. The number of hydrogen-bond donors (Lipinski definition) is 3. The fourth-order valence-corrected chi connectivity index (χ4v) is 2.61. The third kappa shape index (κ3) is 2.36. The Morgan fingerprint density at radius 3 is 3.24 bits per heavy atom. The van der Waals surface area contributed by atoms with Crippen LogP contribution in [0.15, 0.2) is 6.33 Å². The number of ether oxygens (including phenoxy) is 1. The second kappa shape index (κ2) is 4.76. The molecule has 2 heterocycles. The van der Waals surface area contributed by atoms with Gasteiger partial charge in [-0.2, -0.15) is 0 Å². The highest BCUT2D eigenvalue weighted by Gasteiger charge is 2.29. The van der Waals surface area contributed by atoms with E-state index in [-0.39, 0.29) is 0 Å². The first-order chi connectivity index (χ1) is 8.35. The Labute approximate surface area is 101 Å². The van der Waals surface area contributed by atoms with E-state index in [2.05, 4.69) is 20.6 Å². The van der Waals surface area contributed by atoms with E-state index in [1.54, 1.807) is 13.4 Å². The van der Waals surface area contributed by atoms with Gasteiger partial charge in [0.2, 0.25) is 0 Å². The molecular formula is C12H20N4O. The van der Waals surface area contributed by atoms with Gasteiger partial charge in [0, 0.05) is 38.7 Å². The molecule has 5 heteroatoms. The van der Waals surface area contributed by atoms with Crippen molar-refractivity contribution < 1.29 is 4.74 Å². The molecule has 1 unspecified atom stereocenters. The molecule has 1 atom stereocenters. The van der Waals surface area contributed by atoms with Crippen LogP contribution in [0.3, 0.4) is 0 Å². The minimum absolute atomic E-state index is 0.477. The molecule has 3 rings (SSSR count). The summed E-state index contributed by atoms with van der Waals surface area (Å²) in [5.41, 5.74) is 2.46. The number of aromatic nitrogens is 2. The summed E-state index contributed by atoms with van der Waals surface area (Å²) in [6.45, 7) is 1.93. The first-order valence-corrected chi connectivity index (χ1v) is 6.36. The highest BCUT2D eigenvalue weighted by molar-refractivity contribution is 5.16. The van der Waals surface area contributed by atoms with Gasteiger partial charge in [0.1, 0.15) is 0 Å². The molecule has 0 bridgehead atoms. The van der Waals surface area contributed by atoms with Crippen LogP contribution in [0.2, 0.25) is 0 Å². The fraction of sp³-hybridized carbons (Fsp3) is 0.750. The number of aromatic amines is 1. The van der Waals surface area contributed by atoms with Crippen LogP contribution in [0.1, 0.15) is 24.2 Å². The van der Waals surface area contributed by atoms with Crippen molar-refractivity contribution in [3.8, 4) is 0 Å². The average Bonchev–Trinajstić information content (AvgIpc) is 2.74. The maximum atomic E-state index is 5.27. The van der Waals surface area contributed by atoms with E-state index in [1.807, 2.05) is 0 Å². The minimum Gasteiger partial charge on any atom is -0.381 e. The summed E-state index contributed by atoms with van der Waals surface area (Å²) in [6, 6.07) is 1.15. The largest absolute Gasteiger partial charge is 0.381 e. The van der Waals surface area contributed by atoms with Gasteiger partial charge in [-0.1, -0.05) is 0 Å². The van der Waals surface area contributed by atoms with Crippen molar-refractivity contribution in [1.29, 1.82) is 0 Å². The molecule has 3 N–H and O–H groups in total. The fourth-order valence-electron chi connectivity index (χ4n) is 2.61. The van der Waals surface area contributed by atoms with Crippen molar-refractivity contribution in [3.05, 3.63) is 17.7 Å². The standard InChI is InChI=1S/C12H20N4O/c1-17-10-2-8(3-10)13-5-9-4-11-12(6-14-9)16-7-15-11/h7-10,13-14H,2-6H2,1H3,(H,15,16). The zero-order valence-corrected chi connectivity index (χ0v) is 10.2. The third-order valence-corrected chi connectivity index (χ3v) is 3.90. The first kappa shape index (κ1) is 11.2. The van der Waals surface area contributed by atoms with Gasteiger partial charge in [0.05, 0.1) is 23.8 Å². The lowest BCUT2D eigenvalue weighted by molar-refractivity contribution is 0.0168. The summed E-state index contributed by atoms with van der Waals surface area (Å²) in [5, 5.41) is 7.12. The van der Waals surface area contributed by atoms with Gasteiger partial charge in [-0.25, -0.2) is 4.98 Å². The van der Waals surface area contributed by atoms with Crippen molar-refractivity contribution >= 4 is 0 Å². The molecule has 2 aliphatic rings. The minimum atomic E-state index is 0.477. The van der Waals surface area contributed by atoms with Gasteiger partial charge in [0.25, 0.3) is 0 Å². The van der Waals surface area contributed by atoms with E-state index in [1.165, 1.54) is 11.4 Å². The van der Waals surface area contributed by atoms with Gasteiger partial charge in [-0.3, -0.25) is 0 Å². The molecule has 5 nitrogen and oxygen atoms in total. The lowest BCUT2D eigenvalue weighted by Gasteiger charge is -2.36. The van der Waals surface area contributed by atoms with Crippen molar-refractivity contribution in [1.82, 2.24) is 20.6 Å². The Morgan fingerprint density at radius 2 is 2.41 bits per heavy atom. The molecule has 0 aromatic carbocycles. The second-order valence-electron chi connectivity index (χ2n) is 5.04. The number of nitrogens with zero attached hydrogens (tertiary/aromatic N) is 1. The van der Waals surface area contributed by atoms with Crippen LogP contribution in [-0.4, -0.2) is 41.8 Å². The van der Waals surface area contributed by atoms with E-state index in [4.69, 9.17) is 4.74 Å². The van der Waals surface area contributed by atoms with E-state index in [9.17, 15) is 0 Å². The highest BCUT2D eigenvalue weighted by atomic mass is 16.5. The summed E-state index contributed by atoms with van der Waals surface area (Å²) in [4.78, 5) is 7.52. The Hall–Kier alpha value is -0.910. The summed E-state index contributed by atoms with van der Waals surface area (Å²) in [7, 11) is 1.79. The van der Waals surface area contributed by atoms with Crippen molar-refractivity contribution in [3.63, 3.8) is 0 Å². The molecule has 1 fully saturated rings. The molecular weight excluding hydrogens is 216 g/mol. The van der Waals surface area contributed by atoms with Crippen LogP contribution >= 0.6 is 0 Å². The monoisotopic (exact) mass is 236 g/mol. The predicted octanol–water partition coefficient (Wildman–Crippen LogP) is 0.191. The van der Waals surface area contributed by atoms with E-state index in [0.29, 0.717) is 18.2 Å². The zero-order chi connectivity index (χ0) is 11.7. The van der Waals surface area contributed by atoms with Crippen LogP contribution in [0.4, 0.5) is 0 Å². The third-order valence-electron chi connectivity index (χ3n) is 3.90. The van der Waals surface area contributed by atoms with Crippen LogP contribution in [0, 0.1) is 0 Å². The SMILES string of the molecule is COC1CC(NCC2Cc3nc[nH]c3CN2)C1. The van der Waals surface area contributed by atoms with E-state index < -0.39 is 0 Å². The van der Waals surface area contributed by atoms with Gasteiger partial charge >= 0.3 is 0 Å². The highest BCUT2D eigenvalue weighted by Crippen LogP contribution is 2.22.